The van der Waals surface area contributed by atoms with Gasteiger partial charge in [-0.25, -0.2) is 13.4 Å². The molecule has 1 aromatic heterocycles. The van der Waals surface area contributed by atoms with Crippen molar-refractivity contribution >= 4 is 27.0 Å². The Labute approximate surface area is 162 Å². The number of rotatable bonds is 4. The van der Waals surface area contributed by atoms with Gasteiger partial charge in [0.2, 0.25) is 10.0 Å². The quantitative estimate of drug-likeness (QED) is 0.679. The van der Waals surface area contributed by atoms with Gasteiger partial charge in [-0.3, -0.25) is 0 Å². The minimum Gasteiger partial charge on any atom is -0.398 e. The number of hydrogen-bond acceptors (Lipinski definition) is 6. The standard InChI is InChI=1S/C19H19N3O3S2/c20-17-4-2-1-3-16(17)19-21-18(13-26-19)14-5-7-15(8-6-14)27(23,24)22-9-11-25-12-10-22/h1-8,13H,9-12,20H2. The van der Waals surface area contributed by atoms with Gasteiger partial charge in [0.1, 0.15) is 5.01 Å². The maximum Gasteiger partial charge on any atom is 0.243 e. The predicted octanol–water partition coefficient (Wildman–Crippen LogP) is 3.08. The van der Waals surface area contributed by atoms with Crippen LogP contribution in [-0.4, -0.2) is 44.0 Å². The first-order valence-corrected chi connectivity index (χ1v) is 10.9. The third-order valence-corrected chi connectivity index (χ3v) is 7.24. The van der Waals surface area contributed by atoms with Crippen LogP contribution in [0.25, 0.3) is 21.8 Å². The van der Waals surface area contributed by atoms with Crippen LogP contribution in [0.15, 0.2) is 58.8 Å². The van der Waals surface area contributed by atoms with Crippen molar-refractivity contribution in [1.82, 2.24) is 9.29 Å². The maximum atomic E-state index is 12.7. The van der Waals surface area contributed by atoms with Gasteiger partial charge in [0.25, 0.3) is 0 Å². The summed E-state index contributed by atoms with van der Waals surface area (Å²) < 4.78 is 32.1. The minimum atomic E-state index is -3.49. The number of nitrogens with zero attached hydrogens (tertiary/aromatic N) is 2. The zero-order valence-corrected chi connectivity index (χ0v) is 16.2. The van der Waals surface area contributed by atoms with Crippen LogP contribution in [0.4, 0.5) is 5.69 Å². The summed E-state index contributed by atoms with van der Waals surface area (Å²) in [7, 11) is -3.49. The summed E-state index contributed by atoms with van der Waals surface area (Å²) in [6.45, 7) is 1.64. The normalized spacial score (nSPS) is 15.7. The first-order chi connectivity index (χ1) is 13.1. The van der Waals surface area contributed by atoms with E-state index >= 15 is 0 Å². The highest BCUT2D eigenvalue weighted by atomic mass is 32.2. The van der Waals surface area contributed by atoms with E-state index in [2.05, 4.69) is 4.98 Å². The van der Waals surface area contributed by atoms with E-state index in [1.165, 1.54) is 15.6 Å². The van der Waals surface area contributed by atoms with E-state index in [9.17, 15) is 8.42 Å². The maximum absolute atomic E-state index is 12.7. The lowest BCUT2D eigenvalue weighted by Gasteiger charge is -2.26. The van der Waals surface area contributed by atoms with E-state index in [-0.39, 0.29) is 4.90 Å². The third kappa shape index (κ3) is 3.61. The van der Waals surface area contributed by atoms with Crippen LogP contribution < -0.4 is 5.73 Å². The zero-order valence-electron chi connectivity index (χ0n) is 14.5. The molecule has 0 spiro atoms. The first-order valence-electron chi connectivity index (χ1n) is 8.54. The van der Waals surface area contributed by atoms with Crippen molar-refractivity contribution in [1.29, 1.82) is 0 Å². The summed E-state index contributed by atoms with van der Waals surface area (Å²) in [6, 6.07) is 14.5. The molecule has 0 unspecified atom stereocenters. The van der Waals surface area contributed by atoms with Crippen molar-refractivity contribution < 1.29 is 13.2 Å². The van der Waals surface area contributed by atoms with Gasteiger partial charge in [0.05, 0.1) is 23.8 Å². The molecule has 4 rings (SSSR count). The molecule has 6 nitrogen and oxygen atoms in total. The topological polar surface area (TPSA) is 85.5 Å². The number of thiazole rings is 1. The largest absolute Gasteiger partial charge is 0.398 e. The van der Waals surface area contributed by atoms with Crippen LogP contribution >= 0.6 is 11.3 Å². The summed E-state index contributed by atoms with van der Waals surface area (Å²) in [4.78, 5) is 4.94. The Bertz CT molecular complexity index is 1040. The fraction of sp³-hybridized carbons (Fsp3) is 0.211. The fourth-order valence-corrected chi connectivity index (χ4v) is 5.24. The van der Waals surface area contributed by atoms with Gasteiger partial charge < -0.3 is 10.5 Å². The molecule has 140 valence electrons. The van der Waals surface area contributed by atoms with Crippen molar-refractivity contribution in [2.45, 2.75) is 4.90 Å². The van der Waals surface area contributed by atoms with Crippen molar-refractivity contribution in [3.05, 3.63) is 53.9 Å². The molecule has 2 heterocycles. The van der Waals surface area contributed by atoms with Gasteiger partial charge in [-0.1, -0.05) is 24.3 Å². The van der Waals surface area contributed by atoms with Gasteiger partial charge in [-0.05, 0) is 24.3 Å². The molecule has 0 aliphatic carbocycles. The average molecular weight is 402 g/mol. The molecule has 3 aromatic rings. The molecular formula is C19H19N3O3S2. The van der Waals surface area contributed by atoms with Crippen LogP contribution in [0.2, 0.25) is 0 Å². The lowest BCUT2D eigenvalue weighted by Crippen LogP contribution is -2.40. The number of para-hydroxylation sites is 1. The Balaban J connectivity index is 1.59. The van der Waals surface area contributed by atoms with Gasteiger partial charge in [0.15, 0.2) is 0 Å². The number of aromatic nitrogens is 1. The van der Waals surface area contributed by atoms with E-state index in [4.69, 9.17) is 10.5 Å². The highest BCUT2D eigenvalue weighted by molar-refractivity contribution is 7.89. The molecule has 0 saturated carbocycles. The molecule has 1 fully saturated rings. The molecule has 2 N–H and O–H groups in total. The SMILES string of the molecule is Nc1ccccc1-c1nc(-c2ccc(S(=O)(=O)N3CCOCC3)cc2)cs1. The molecule has 27 heavy (non-hydrogen) atoms. The van der Waals surface area contributed by atoms with Crippen LogP contribution in [0.3, 0.4) is 0 Å². The molecule has 1 saturated heterocycles. The zero-order chi connectivity index (χ0) is 18.9. The van der Waals surface area contributed by atoms with Crippen molar-refractivity contribution in [2.24, 2.45) is 0 Å². The number of sulfonamides is 1. The van der Waals surface area contributed by atoms with Crippen LogP contribution in [0.1, 0.15) is 0 Å². The van der Waals surface area contributed by atoms with Crippen molar-refractivity contribution in [3.63, 3.8) is 0 Å². The minimum absolute atomic E-state index is 0.288. The van der Waals surface area contributed by atoms with Gasteiger partial charge in [-0.15, -0.1) is 11.3 Å². The number of morpholine rings is 1. The summed E-state index contributed by atoms with van der Waals surface area (Å²) in [5, 5.41) is 2.79. The predicted molar refractivity (Wildman–Crippen MR) is 107 cm³/mol. The molecule has 0 amide bonds. The van der Waals surface area contributed by atoms with E-state index in [0.717, 1.165) is 21.8 Å². The van der Waals surface area contributed by atoms with Gasteiger partial charge >= 0.3 is 0 Å². The van der Waals surface area contributed by atoms with Gasteiger partial charge in [-0.2, -0.15) is 4.31 Å². The Morgan fingerprint density at radius 3 is 2.44 bits per heavy atom. The van der Waals surface area contributed by atoms with E-state index < -0.39 is 10.0 Å². The highest BCUT2D eigenvalue weighted by Gasteiger charge is 2.26. The number of nitrogen functional groups attached to an aromatic ring is 1. The Morgan fingerprint density at radius 1 is 1.04 bits per heavy atom. The number of benzene rings is 2. The monoisotopic (exact) mass is 401 g/mol. The third-order valence-electron chi connectivity index (χ3n) is 4.45. The number of ether oxygens (including phenoxy) is 1. The van der Waals surface area contributed by atoms with Crippen LogP contribution in [0.5, 0.6) is 0 Å². The highest BCUT2D eigenvalue weighted by Crippen LogP contribution is 2.32. The van der Waals surface area contributed by atoms with Crippen molar-refractivity contribution in [3.8, 4) is 21.8 Å². The molecule has 2 aromatic carbocycles. The Morgan fingerprint density at radius 2 is 1.74 bits per heavy atom. The molecule has 1 aliphatic heterocycles. The second-order valence-electron chi connectivity index (χ2n) is 6.17. The number of nitrogens with two attached hydrogens (primary N) is 1. The number of hydrogen-bond donors (Lipinski definition) is 1. The lowest BCUT2D eigenvalue weighted by atomic mass is 10.1. The molecule has 0 bridgehead atoms. The van der Waals surface area contributed by atoms with Crippen molar-refractivity contribution in [2.75, 3.05) is 32.0 Å². The van der Waals surface area contributed by atoms with E-state index in [0.29, 0.717) is 32.0 Å². The molecule has 0 atom stereocenters. The summed E-state index contributed by atoms with van der Waals surface area (Å²) in [5.41, 5.74) is 9.28. The lowest BCUT2D eigenvalue weighted by molar-refractivity contribution is 0.0730. The smallest absolute Gasteiger partial charge is 0.243 e. The molecule has 8 heteroatoms. The molecular weight excluding hydrogens is 382 g/mol. The Kier molecular flexibility index (Phi) is 4.96. The van der Waals surface area contributed by atoms with E-state index in [1.807, 2.05) is 29.6 Å². The fourth-order valence-electron chi connectivity index (χ4n) is 2.96. The van der Waals surface area contributed by atoms with E-state index in [1.54, 1.807) is 24.3 Å². The summed E-state index contributed by atoms with van der Waals surface area (Å²) in [5.74, 6) is 0. The average Bonchev–Trinajstić information content (AvgIpc) is 3.19. The molecule has 0 radical (unpaired) electrons. The second kappa shape index (κ2) is 7.40. The van der Waals surface area contributed by atoms with Crippen LogP contribution in [0, 0.1) is 0 Å². The summed E-state index contributed by atoms with van der Waals surface area (Å²) >= 11 is 1.51. The molecule has 1 aliphatic rings. The second-order valence-corrected chi connectivity index (χ2v) is 8.96. The summed E-state index contributed by atoms with van der Waals surface area (Å²) in [6.07, 6.45) is 0. The number of anilines is 1. The van der Waals surface area contributed by atoms with Crippen LogP contribution in [-0.2, 0) is 14.8 Å². The first kappa shape index (κ1) is 18.1. The Hall–Kier alpha value is -2.26. The van der Waals surface area contributed by atoms with Gasteiger partial charge in [0, 0.05) is 35.3 Å².